The fraction of sp³-hybridized carbons (Fsp3) is 0.333. The summed E-state index contributed by atoms with van der Waals surface area (Å²) in [5, 5.41) is 5.24. The maximum absolute atomic E-state index is 13.0. The summed E-state index contributed by atoms with van der Waals surface area (Å²) in [6, 6.07) is 2.51. The van der Waals surface area contributed by atoms with E-state index in [0.717, 1.165) is 18.9 Å². The van der Waals surface area contributed by atoms with Crippen molar-refractivity contribution in [3.05, 3.63) is 45.7 Å². The molecule has 8 nitrogen and oxygen atoms in total. The monoisotopic (exact) mass is 447 g/mol. The van der Waals surface area contributed by atoms with Crippen LogP contribution in [0.3, 0.4) is 0 Å². The number of carbonyl (C=O) groups excluding carboxylic acids is 3. The lowest BCUT2D eigenvalue weighted by molar-refractivity contribution is -0.141. The highest BCUT2D eigenvalue weighted by Gasteiger charge is 2.39. The molecule has 0 spiro atoms. The summed E-state index contributed by atoms with van der Waals surface area (Å²) >= 11 is 5.71. The van der Waals surface area contributed by atoms with Crippen LogP contribution in [0.1, 0.15) is 45.1 Å². The van der Waals surface area contributed by atoms with Crippen molar-refractivity contribution in [1.82, 2.24) is 9.78 Å². The van der Waals surface area contributed by atoms with Gasteiger partial charge in [0.2, 0.25) is 5.91 Å². The molecular weight excluding hydrogens is 431 g/mol. The van der Waals surface area contributed by atoms with E-state index >= 15 is 0 Å². The summed E-state index contributed by atoms with van der Waals surface area (Å²) in [5.41, 5.74) is -1.41. The molecule has 2 rings (SSSR count). The molecule has 0 radical (unpaired) electrons. The van der Waals surface area contributed by atoms with Crippen molar-refractivity contribution >= 4 is 35.1 Å². The second-order valence-corrected chi connectivity index (χ2v) is 6.52. The topological polar surface area (TPSA) is 99.5 Å². The average molecular weight is 448 g/mol. The number of aromatic nitrogens is 2. The normalized spacial score (nSPS) is 12.3. The third-order valence-electron chi connectivity index (χ3n) is 4.13. The Balaban J connectivity index is 2.38. The van der Waals surface area contributed by atoms with Gasteiger partial charge in [0.25, 0.3) is 0 Å². The molecule has 1 unspecified atom stereocenters. The number of benzene rings is 1. The zero-order valence-corrected chi connectivity index (χ0v) is 17.0. The fourth-order valence-corrected chi connectivity index (χ4v) is 2.82. The SMILES string of the molecule is COC(=O)c1cc(NC(=O)C(C)n2nc(C(F)(F)F)c(Cl)c2C)cc(C(=O)OC)c1. The van der Waals surface area contributed by atoms with Gasteiger partial charge in [-0.3, -0.25) is 9.48 Å². The van der Waals surface area contributed by atoms with Crippen LogP contribution in [-0.4, -0.2) is 41.8 Å². The summed E-state index contributed by atoms with van der Waals surface area (Å²) < 4.78 is 49.1. The number of alkyl halides is 3. The summed E-state index contributed by atoms with van der Waals surface area (Å²) in [6.07, 6.45) is -4.78. The molecule has 1 amide bonds. The summed E-state index contributed by atoms with van der Waals surface area (Å²) in [5.74, 6) is -2.30. The number of amides is 1. The largest absolute Gasteiger partial charge is 0.465 e. The van der Waals surface area contributed by atoms with E-state index in [9.17, 15) is 27.6 Å². The molecule has 0 aliphatic rings. The number of methoxy groups -OCH3 is 2. The quantitative estimate of drug-likeness (QED) is 0.702. The zero-order chi connectivity index (χ0) is 22.8. The molecule has 1 atom stereocenters. The molecule has 0 saturated carbocycles. The van der Waals surface area contributed by atoms with Crippen LogP contribution in [0.15, 0.2) is 18.2 Å². The Hall–Kier alpha value is -3.08. The van der Waals surface area contributed by atoms with Crippen molar-refractivity contribution in [1.29, 1.82) is 0 Å². The molecule has 0 fully saturated rings. The maximum atomic E-state index is 13.0. The predicted octanol–water partition coefficient (Wildman–Crippen LogP) is 3.64. The van der Waals surface area contributed by atoms with E-state index in [0.29, 0.717) is 0 Å². The number of carbonyl (C=O) groups is 3. The molecule has 1 aromatic carbocycles. The van der Waals surface area contributed by atoms with Crippen LogP contribution in [0, 0.1) is 6.92 Å². The Morgan fingerprint density at radius 2 is 1.60 bits per heavy atom. The third-order valence-corrected chi connectivity index (χ3v) is 4.59. The summed E-state index contributed by atoms with van der Waals surface area (Å²) in [6.45, 7) is 2.61. The molecule has 0 aliphatic carbocycles. The van der Waals surface area contributed by atoms with Gasteiger partial charge in [0, 0.05) is 5.69 Å². The van der Waals surface area contributed by atoms with E-state index < -0.39 is 40.8 Å². The molecule has 162 valence electrons. The number of nitrogens with one attached hydrogen (secondary N) is 1. The Bertz CT molecular complexity index is 969. The van der Waals surface area contributed by atoms with Gasteiger partial charge in [-0.15, -0.1) is 0 Å². The molecule has 12 heteroatoms. The minimum atomic E-state index is -4.78. The molecule has 2 aromatic rings. The van der Waals surface area contributed by atoms with Crippen LogP contribution in [-0.2, 0) is 20.4 Å². The molecular formula is C18H17ClF3N3O5. The highest BCUT2D eigenvalue weighted by atomic mass is 35.5. The third kappa shape index (κ3) is 4.73. The van der Waals surface area contributed by atoms with Crippen molar-refractivity contribution in [3.63, 3.8) is 0 Å². The van der Waals surface area contributed by atoms with Gasteiger partial charge in [-0.1, -0.05) is 11.6 Å². The first kappa shape index (κ1) is 23.2. The van der Waals surface area contributed by atoms with E-state index in [1.54, 1.807) is 0 Å². The second kappa shape index (κ2) is 8.74. The fourth-order valence-electron chi connectivity index (χ4n) is 2.59. The summed E-state index contributed by atoms with van der Waals surface area (Å²) in [4.78, 5) is 36.3. The minimum absolute atomic E-state index is 0.0297. The smallest absolute Gasteiger partial charge is 0.436 e. The minimum Gasteiger partial charge on any atom is -0.465 e. The number of rotatable bonds is 5. The van der Waals surface area contributed by atoms with E-state index in [1.165, 1.54) is 32.0 Å². The van der Waals surface area contributed by atoms with E-state index in [4.69, 9.17) is 11.6 Å². The Morgan fingerprint density at radius 1 is 1.10 bits per heavy atom. The van der Waals surface area contributed by atoms with Crippen LogP contribution >= 0.6 is 11.6 Å². The average Bonchev–Trinajstić information content (AvgIpc) is 3.00. The van der Waals surface area contributed by atoms with Gasteiger partial charge in [-0.25, -0.2) is 9.59 Å². The number of anilines is 1. The van der Waals surface area contributed by atoms with Crippen LogP contribution in [0.4, 0.5) is 18.9 Å². The molecule has 1 aromatic heterocycles. The number of ether oxygens (including phenoxy) is 2. The van der Waals surface area contributed by atoms with Crippen molar-refractivity contribution in [3.8, 4) is 0 Å². The molecule has 30 heavy (non-hydrogen) atoms. The molecule has 0 saturated heterocycles. The van der Waals surface area contributed by atoms with Crippen LogP contribution in [0.5, 0.6) is 0 Å². The van der Waals surface area contributed by atoms with E-state index in [-0.39, 0.29) is 22.5 Å². The first-order chi connectivity index (χ1) is 13.9. The zero-order valence-electron chi connectivity index (χ0n) is 16.3. The first-order valence-corrected chi connectivity index (χ1v) is 8.72. The number of hydrogen-bond acceptors (Lipinski definition) is 6. The van der Waals surface area contributed by atoms with Gasteiger partial charge < -0.3 is 14.8 Å². The van der Waals surface area contributed by atoms with Crippen LogP contribution in [0.25, 0.3) is 0 Å². The highest BCUT2D eigenvalue weighted by Crippen LogP contribution is 2.36. The Morgan fingerprint density at radius 3 is 2.00 bits per heavy atom. The van der Waals surface area contributed by atoms with Gasteiger partial charge in [-0.2, -0.15) is 18.3 Å². The van der Waals surface area contributed by atoms with Gasteiger partial charge in [0.15, 0.2) is 5.69 Å². The van der Waals surface area contributed by atoms with E-state index in [1.807, 2.05) is 0 Å². The van der Waals surface area contributed by atoms with Crippen molar-refractivity contribution in [2.45, 2.75) is 26.1 Å². The van der Waals surface area contributed by atoms with Crippen LogP contribution < -0.4 is 5.32 Å². The Kier molecular flexibility index (Phi) is 6.76. The lowest BCUT2D eigenvalue weighted by atomic mass is 10.1. The number of hydrogen-bond donors (Lipinski definition) is 1. The lowest BCUT2D eigenvalue weighted by Crippen LogP contribution is -2.26. The number of esters is 2. The first-order valence-electron chi connectivity index (χ1n) is 8.35. The predicted molar refractivity (Wildman–Crippen MR) is 99.4 cm³/mol. The molecule has 1 heterocycles. The molecule has 0 bridgehead atoms. The van der Waals surface area contributed by atoms with Crippen molar-refractivity contribution in [2.24, 2.45) is 0 Å². The molecule has 1 N–H and O–H groups in total. The molecule has 0 aliphatic heterocycles. The van der Waals surface area contributed by atoms with Crippen molar-refractivity contribution in [2.75, 3.05) is 19.5 Å². The van der Waals surface area contributed by atoms with Gasteiger partial charge >= 0.3 is 18.1 Å². The van der Waals surface area contributed by atoms with E-state index in [2.05, 4.69) is 19.9 Å². The van der Waals surface area contributed by atoms with Gasteiger partial charge in [0.05, 0.1) is 36.1 Å². The lowest BCUT2D eigenvalue weighted by Gasteiger charge is -2.15. The maximum Gasteiger partial charge on any atom is 0.436 e. The number of halogens is 4. The van der Waals surface area contributed by atoms with Gasteiger partial charge in [-0.05, 0) is 32.0 Å². The highest BCUT2D eigenvalue weighted by molar-refractivity contribution is 6.32. The summed E-state index contributed by atoms with van der Waals surface area (Å²) in [7, 11) is 2.27. The standard InChI is InChI=1S/C18H17ClF3N3O5/c1-8-13(19)14(18(20,21)22)24-25(8)9(2)15(26)23-12-6-10(16(27)29-3)5-11(7-12)17(28)30-4/h5-7,9H,1-4H3,(H,23,26). The Labute approximate surface area is 173 Å². The number of nitrogens with zero attached hydrogens (tertiary/aromatic N) is 2. The van der Waals surface area contributed by atoms with Crippen LogP contribution in [0.2, 0.25) is 5.02 Å². The van der Waals surface area contributed by atoms with Gasteiger partial charge in [0.1, 0.15) is 6.04 Å². The second-order valence-electron chi connectivity index (χ2n) is 6.14. The van der Waals surface area contributed by atoms with Crippen molar-refractivity contribution < 1.29 is 37.0 Å².